The van der Waals surface area contributed by atoms with Gasteiger partial charge >= 0.3 is 6.03 Å². The lowest BCUT2D eigenvalue weighted by Crippen LogP contribution is -2.40. The predicted octanol–water partition coefficient (Wildman–Crippen LogP) is 2.22. The van der Waals surface area contributed by atoms with E-state index in [9.17, 15) is 4.79 Å². The highest BCUT2D eigenvalue weighted by molar-refractivity contribution is 5.73. The van der Waals surface area contributed by atoms with Gasteiger partial charge in [-0.3, -0.25) is 0 Å². The van der Waals surface area contributed by atoms with Crippen LogP contribution in [0.25, 0.3) is 0 Å². The zero-order chi connectivity index (χ0) is 16.4. The van der Waals surface area contributed by atoms with Gasteiger partial charge in [0.05, 0.1) is 6.54 Å². The van der Waals surface area contributed by atoms with Crippen LogP contribution in [0.3, 0.4) is 0 Å². The number of amides is 2. The molecule has 0 aromatic heterocycles. The van der Waals surface area contributed by atoms with Crippen LogP contribution in [0, 0.1) is 0 Å². The number of carbonyl (C=O) groups excluding carboxylic acids is 1. The normalized spacial score (nSPS) is 17.1. The van der Waals surface area contributed by atoms with E-state index in [-0.39, 0.29) is 18.9 Å². The SMILES string of the molecule is O=C(NCc1ccc2c(c1)OCO2)NCC1Cc2ccccc2O1. The average molecular weight is 326 g/mol. The Labute approximate surface area is 139 Å². The molecule has 1 atom stereocenters. The van der Waals surface area contributed by atoms with Crippen LogP contribution in [0.1, 0.15) is 11.1 Å². The van der Waals surface area contributed by atoms with Crippen molar-refractivity contribution in [3.8, 4) is 17.2 Å². The maximum absolute atomic E-state index is 11.9. The Morgan fingerprint density at radius 1 is 1.04 bits per heavy atom. The number of hydrogen-bond acceptors (Lipinski definition) is 4. The number of fused-ring (bicyclic) bond motifs is 2. The maximum Gasteiger partial charge on any atom is 0.315 e. The van der Waals surface area contributed by atoms with E-state index >= 15 is 0 Å². The number of para-hydroxylation sites is 1. The number of ether oxygens (including phenoxy) is 3. The molecule has 0 saturated heterocycles. The molecule has 124 valence electrons. The molecule has 0 bridgehead atoms. The van der Waals surface area contributed by atoms with Crippen LogP contribution in [0.4, 0.5) is 4.79 Å². The van der Waals surface area contributed by atoms with Gasteiger partial charge in [-0.15, -0.1) is 0 Å². The van der Waals surface area contributed by atoms with E-state index in [1.807, 2.05) is 36.4 Å². The topological polar surface area (TPSA) is 68.8 Å². The minimum Gasteiger partial charge on any atom is -0.488 e. The first-order valence-electron chi connectivity index (χ1n) is 7.93. The van der Waals surface area contributed by atoms with E-state index in [1.165, 1.54) is 5.56 Å². The highest BCUT2D eigenvalue weighted by atomic mass is 16.7. The lowest BCUT2D eigenvalue weighted by Gasteiger charge is -2.13. The predicted molar refractivity (Wildman–Crippen MR) is 87.4 cm³/mol. The van der Waals surface area contributed by atoms with Crippen molar-refractivity contribution in [3.63, 3.8) is 0 Å². The average Bonchev–Trinajstić information content (AvgIpc) is 3.23. The lowest BCUT2D eigenvalue weighted by molar-refractivity contribution is 0.174. The third kappa shape index (κ3) is 3.08. The third-order valence-electron chi connectivity index (χ3n) is 4.09. The molecule has 2 aliphatic heterocycles. The number of nitrogens with one attached hydrogen (secondary N) is 2. The molecule has 1 unspecified atom stereocenters. The van der Waals surface area contributed by atoms with Crippen molar-refractivity contribution < 1.29 is 19.0 Å². The summed E-state index contributed by atoms with van der Waals surface area (Å²) in [6.45, 7) is 1.15. The van der Waals surface area contributed by atoms with Crippen LogP contribution in [-0.2, 0) is 13.0 Å². The number of benzene rings is 2. The molecule has 4 rings (SSSR count). The fraction of sp³-hybridized carbons (Fsp3) is 0.278. The highest BCUT2D eigenvalue weighted by Crippen LogP contribution is 2.32. The second-order valence-corrected chi connectivity index (χ2v) is 5.80. The summed E-state index contributed by atoms with van der Waals surface area (Å²) in [6.07, 6.45) is 0.803. The van der Waals surface area contributed by atoms with Crippen LogP contribution in [0.5, 0.6) is 17.2 Å². The third-order valence-corrected chi connectivity index (χ3v) is 4.09. The fourth-order valence-corrected chi connectivity index (χ4v) is 2.87. The lowest BCUT2D eigenvalue weighted by atomic mass is 10.1. The molecule has 2 heterocycles. The van der Waals surface area contributed by atoms with Crippen LogP contribution < -0.4 is 24.8 Å². The zero-order valence-electron chi connectivity index (χ0n) is 13.1. The first-order chi connectivity index (χ1) is 11.8. The summed E-state index contributed by atoms with van der Waals surface area (Å²) in [5.74, 6) is 2.36. The van der Waals surface area contributed by atoms with Gasteiger partial charge in [-0.1, -0.05) is 24.3 Å². The Hall–Kier alpha value is -2.89. The Morgan fingerprint density at radius 3 is 2.83 bits per heavy atom. The Morgan fingerprint density at radius 2 is 1.92 bits per heavy atom. The Bertz CT molecular complexity index is 737. The summed E-state index contributed by atoms with van der Waals surface area (Å²) in [5.41, 5.74) is 2.14. The first-order valence-corrected chi connectivity index (χ1v) is 7.93. The minimum absolute atomic E-state index is 0.0151. The summed E-state index contributed by atoms with van der Waals surface area (Å²) in [7, 11) is 0. The quantitative estimate of drug-likeness (QED) is 0.904. The maximum atomic E-state index is 11.9. The first kappa shape index (κ1) is 14.7. The van der Waals surface area contributed by atoms with Crippen molar-refractivity contribution in [2.45, 2.75) is 19.1 Å². The van der Waals surface area contributed by atoms with Crippen molar-refractivity contribution in [3.05, 3.63) is 53.6 Å². The molecule has 6 heteroatoms. The van der Waals surface area contributed by atoms with Crippen molar-refractivity contribution in [2.24, 2.45) is 0 Å². The molecule has 6 nitrogen and oxygen atoms in total. The van der Waals surface area contributed by atoms with Crippen molar-refractivity contribution in [1.82, 2.24) is 10.6 Å². The van der Waals surface area contributed by atoms with Crippen LogP contribution in [0.2, 0.25) is 0 Å². The molecule has 24 heavy (non-hydrogen) atoms. The highest BCUT2D eigenvalue weighted by Gasteiger charge is 2.22. The van der Waals surface area contributed by atoms with Crippen molar-refractivity contribution in [1.29, 1.82) is 0 Å². The molecule has 0 aliphatic carbocycles. The second kappa shape index (κ2) is 6.31. The number of urea groups is 1. The molecule has 0 spiro atoms. The van der Waals surface area contributed by atoms with Crippen molar-refractivity contribution in [2.75, 3.05) is 13.3 Å². The van der Waals surface area contributed by atoms with E-state index in [4.69, 9.17) is 14.2 Å². The molecule has 0 fully saturated rings. The molecule has 0 saturated carbocycles. The van der Waals surface area contributed by atoms with Gasteiger partial charge in [-0.25, -0.2) is 4.79 Å². The summed E-state index contributed by atoms with van der Waals surface area (Å²) in [4.78, 5) is 11.9. The van der Waals surface area contributed by atoms with E-state index in [0.29, 0.717) is 18.8 Å². The van der Waals surface area contributed by atoms with Gasteiger partial charge in [-0.05, 0) is 29.3 Å². The monoisotopic (exact) mass is 326 g/mol. The molecule has 0 radical (unpaired) electrons. The largest absolute Gasteiger partial charge is 0.488 e. The molecule has 2 amide bonds. The minimum atomic E-state index is -0.216. The van der Waals surface area contributed by atoms with E-state index < -0.39 is 0 Å². The van der Waals surface area contributed by atoms with Crippen LogP contribution >= 0.6 is 0 Å². The standard InChI is InChI=1S/C18H18N2O4/c21-18(19-9-12-5-6-16-17(7-12)23-11-22-16)20-10-14-8-13-3-1-2-4-15(13)24-14/h1-7,14H,8-11H2,(H2,19,20,21). The van der Waals surface area contributed by atoms with Gasteiger partial charge in [0, 0.05) is 13.0 Å². The van der Waals surface area contributed by atoms with Gasteiger partial charge in [0.2, 0.25) is 6.79 Å². The number of hydrogen-bond donors (Lipinski definition) is 2. The Balaban J connectivity index is 1.23. The number of rotatable bonds is 4. The molecule has 2 aliphatic rings. The van der Waals surface area contributed by atoms with Gasteiger partial charge in [0.15, 0.2) is 11.5 Å². The van der Waals surface area contributed by atoms with E-state index in [0.717, 1.165) is 23.5 Å². The van der Waals surface area contributed by atoms with Gasteiger partial charge < -0.3 is 24.8 Å². The van der Waals surface area contributed by atoms with Gasteiger partial charge in [0.25, 0.3) is 0 Å². The zero-order valence-corrected chi connectivity index (χ0v) is 13.1. The van der Waals surface area contributed by atoms with Crippen LogP contribution in [-0.4, -0.2) is 25.5 Å². The molecule has 2 aromatic rings. The van der Waals surface area contributed by atoms with Crippen LogP contribution in [0.15, 0.2) is 42.5 Å². The molecule has 2 N–H and O–H groups in total. The molecular weight excluding hydrogens is 308 g/mol. The van der Waals surface area contributed by atoms with Gasteiger partial charge in [-0.2, -0.15) is 0 Å². The second-order valence-electron chi connectivity index (χ2n) is 5.80. The summed E-state index contributed by atoms with van der Waals surface area (Å²) >= 11 is 0. The van der Waals surface area contributed by atoms with Gasteiger partial charge in [0.1, 0.15) is 11.9 Å². The fourth-order valence-electron chi connectivity index (χ4n) is 2.87. The number of carbonyl (C=O) groups is 1. The summed E-state index contributed by atoms with van der Waals surface area (Å²) in [6, 6.07) is 13.4. The summed E-state index contributed by atoms with van der Waals surface area (Å²) < 4.78 is 16.4. The molecular formula is C18H18N2O4. The smallest absolute Gasteiger partial charge is 0.315 e. The van der Waals surface area contributed by atoms with E-state index in [1.54, 1.807) is 0 Å². The van der Waals surface area contributed by atoms with E-state index in [2.05, 4.69) is 16.7 Å². The summed E-state index contributed by atoms with van der Waals surface area (Å²) in [5, 5.41) is 5.68. The molecule has 2 aromatic carbocycles. The Kier molecular flexibility index (Phi) is 3.86. The van der Waals surface area contributed by atoms with Crippen molar-refractivity contribution >= 4 is 6.03 Å².